The number of carbonyl (C=O) groups is 1. The quantitative estimate of drug-likeness (QED) is 0.470. The number of hydrogen-bond donors (Lipinski definition) is 1. The number of fused-ring (bicyclic) bond motifs is 1. The molecule has 3 rings (SSSR count). The second-order valence-electron chi connectivity index (χ2n) is 6.10. The number of nitrogens with zero attached hydrogens (tertiary/aromatic N) is 1. The number of ether oxygens (including phenoxy) is 2. The Morgan fingerprint density at radius 1 is 1.35 bits per heavy atom. The Labute approximate surface area is 154 Å². The van der Waals surface area contributed by atoms with E-state index in [9.17, 15) is 14.9 Å². The van der Waals surface area contributed by atoms with Gasteiger partial charge in [-0.25, -0.2) is 0 Å². The van der Waals surface area contributed by atoms with Crippen LogP contribution in [0, 0.1) is 16.0 Å². The van der Waals surface area contributed by atoms with Crippen LogP contribution in [0.1, 0.15) is 30.3 Å². The van der Waals surface area contributed by atoms with Crippen LogP contribution in [0.15, 0.2) is 35.7 Å². The average Bonchev–Trinajstić information content (AvgIpc) is 3.27. The van der Waals surface area contributed by atoms with Crippen LogP contribution in [0.3, 0.4) is 0 Å². The zero-order valence-corrected chi connectivity index (χ0v) is 15.1. The van der Waals surface area contributed by atoms with Gasteiger partial charge in [0.15, 0.2) is 11.5 Å². The van der Waals surface area contributed by atoms with Crippen molar-refractivity contribution in [3.63, 3.8) is 0 Å². The van der Waals surface area contributed by atoms with Crippen LogP contribution in [0.4, 0.5) is 5.69 Å². The van der Waals surface area contributed by atoms with E-state index in [-0.39, 0.29) is 35.9 Å². The Morgan fingerprint density at radius 2 is 2.08 bits per heavy atom. The van der Waals surface area contributed by atoms with E-state index in [1.165, 1.54) is 24.3 Å². The number of nitrogens with one attached hydrogen (secondary N) is 1. The molecular weight excluding hydrogens is 356 g/mol. The van der Waals surface area contributed by atoms with E-state index < -0.39 is 4.92 Å². The molecule has 0 unspecified atom stereocenters. The van der Waals surface area contributed by atoms with Crippen molar-refractivity contribution in [3.8, 4) is 11.5 Å². The molecule has 0 fully saturated rings. The zero-order valence-electron chi connectivity index (χ0n) is 14.3. The summed E-state index contributed by atoms with van der Waals surface area (Å²) in [7, 11) is 0. The van der Waals surface area contributed by atoms with Crippen LogP contribution in [0.5, 0.6) is 11.5 Å². The van der Waals surface area contributed by atoms with Gasteiger partial charge in [-0.15, -0.1) is 11.3 Å². The summed E-state index contributed by atoms with van der Waals surface area (Å²) in [5, 5.41) is 16.2. The van der Waals surface area contributed by atoms with Gasteiger partial charge in [-0.1, -0.05) is 19.9 Å². The summed E-state index contributed by atoms with van der Waals surface area (Å²) < 4.78 is 10.4. The lowest BCUT2D eigenvalue weighted by Crippen LogP contribution is -2.29. The van der Waals surface area contributed by atoms with Gasteiger partial charge >= 0.3 is 0 Å². The molecule has 1 atom stereocenters. The molecule has 0 aliphatic carbocycles. The molecule has 1 amide bonds. The minimum absolute atomic E-state index is 0.0248. The molecule has 0 bridgehead atoms. The SMILES string of the molecule is CC(C)[C@H](NC(=O)/C=C/c1cc2c(cc1[N+](=O)[O-])OCO2)c1cccs1. The molecule has 136 valence electrons. The first-order chi connectivity index (χ1) is 12.5. The average molecular weight is 374 g/mol. The summed E-state index contributed by atoms with van der Waals surface area (Å²) in [4.78, 5) is 24.1. The van der Waals surface area contributed by atoms with Crippen molar-refractivity contribution in [2.45, 2.75) is 19.9 Å². The Kier molecular flexibility index (Phi) is 5.22. The van der Waals surface area contributed by atoms with E-state index in [4.69, 9.17) is 9.47 Å². The fraction of sp³-hybridized carbons (Fsp3) is 0.278. The molecule has 2 aromatic rings. The highest BCUT2D eigenvalue weighted by atomic mass is 32.1. The summed E-state index contributed by atoms with van der Waals surface area (Å²) in [5.41, 5.74) is 0.142. The number of thiophene rings is 1. The van der Waals surface area contributed by atoms with E-state index >= 15 is 0 Å². The number of nitro benzene ring substituents is 1. The minimum atomic E-state index is -0.512. The van der Waals surface area contributed by atoms with Crippen molar-refractivity contribution in [1.82, 2.24) is 5.32 Å². The van der Waals surface area contributed by atoms with Crippen LogP contribution >= 0.6 is 11.3 Å². The summed E-state index contributed by atoms with van der Waals surface area (Å²) >= 11 is 1.58. The molecule has 0 saturated heterocycles. The second kappa shape index (κ2) is 7.57. The van der Waals surface area contributed by atoms with Crippen LogP contribution in [0.25, 0.3) is 6.08 Å². The number of hydrogen-bond acceptors (Lipinski definition) is 6. The third-order valence-corrected chi connectivity index (χ3v) is 4.90. The predicted molar refractivity (Wildman–Crippen MR) is 98.3 cm³/mol. The minimum Gasteiger partial charge on any atom is -0.454 e. The van der Waals surface area contributed by atoms with Crippen molar-refractivity contribution in [3.05, 3.63) is 56.3 Å². The molecule has 0 spiro atoms. The third-order valence-electron chi connectivity index (χ3n) is 3.95. The van der Waals surface area contributed by atoms with Crippen molar-refractivity contribution in [2.75, 3.05) is 6.79 Å². The normalized spacial score (nSPS) is 14.0. The molecule has 7 nitrogen and oxygen atoms in total. The molecule has 0 saturated carbocycles. The van der Waals surface area contributed by atoms with E-state index in [0.29, 0.717) is 11.5 Å². The van der Waals surface area contributed by atoms with Crippen molar-refractivity contribution in [1.29, 1.82) is 0 Å². The number of benzene rings is 1. The maximum atomic E-state index is 12.3. The fourth-order valence-corrected chi connectivity index (χ4v) is 3.59. The summed E-state index contributed by atoms with van der Waals surface area (Å²) in [6.07, 6.45) is 2.72. The van der Waals surface area contributed by atoms with Gasteiger partial charge in [0.2, 0.25) is 12.7 Å². The molecule has 0 radical (unpaired) electrons. The predicted octanol–water partition coefficient (Wildman–Crippen LogP) is 3.91. The third kappa shape index (κ3) is 3.85. The van der Waals surface area contributed by atoms with Gasteiger partial charge in [0.25, 0.3) is 5.69 Å². The number of nitro groups is 1. The molecule has 8 heteroatoms. The lowest BCUT2D eigenvalue weighted by Gasteiger charge is -2.20. The molecule has 1 N–H and O–H groups in total. The monoisotopic (exact) mass is 374 g/mol. The van der Waals surface area contributed by atoms with Gasteiger partial charge in [0.1, 0.15) is 0 Å². The summed E-state index contributed by atoms with van der Waals surface area (Å²) in [6, 6.07) is 6.61. The smallest absolute Gasteiger partial charge is 0.280 e. The number of rotatable bonds is 6. The van der Waals surface area contributed by atoms with E-state index in [1.54, 1.807) is 11.3 Å². The first kappa shape index (κ1) is 17.9. The van der Waals surface area contributed by atoms with Gasteiger partial charge in [-0.05, 0) is 29.5 Å². The van der Waals surface area contributed by atoms with Crippen LogP contribution in [0.2, 0.25) is 0 Å². The maximum absolute atomic E-state index is 12.3. The van der Waals surface area contributed by atoms with Crippen LogP contribution in [-0.4, -0.2) is 17.6 Å². The molecule has 1 aromatic heterocycles. The molecular formula is C18H18N2O5S. The first-order valence-corrected chi connectivity index (χ1v) is 8.93. The Hall–Kier alpha value is -2.87. The van der Waals surface area contributed by atoms with E-state index in [1.807, 2.05) is 31.4 Å². The first-order valence-electron chi connectivity index (χ1n) is 8.05. The highest BCUT2D eigenvalue weighted by Crippen LogP contribution is 2.38. The standard InChI is InChI=1S/C18H18N2O5S/c1-11(2)18(16-4-3-7-26-16)19-17(21)6-5-12-8-14-15(25-10-24-14)9-13(12)20(22)23/h3-9,11,18H,10H2,1-2H3,(H,19,21)/b6-5+/t18-/m0/s1. The molecule has 1 aliphatic heterocycles. The molecule has 1 aromatic carbocycles. The summed E-state index contributed by atoms with van der Waals surface area (Å²) in [6.45, 7) is 4.07. The van der Waals surface area contributed by atoms with Gasteiger partial charge in [0, 0.05) is 11.0 Å². The van der Waals surface area contributed by atoms with E-state index in [0.717, 1.165) is 4.88 Å². The highest BCUT2D eigenvalue weighted by Gasteiger charge is 2.22. The zero-order chi connectivity index (χ0) is 18.7. The molecule has 2 heterocycles. The topological polar surface area (TPSA) is 90.7 Å². The summed E-state index contributed by atoms with van der Waals surface area (Å²) in [5.74, 6) is 0.653. The highest BCUT2D eigenvalue weighted by molar-refractivity contribution is 7.10. The molecule has 1 aliphatic rings. The maximum Gasteiger partial charge on any atom is 0.280 e. The van der Waals surface area contributed by atoms with Gasteiger partial charge in [-0.3, -0.25) is 14.9 Å². The Bertz CT molecular complexity index is 846. The lowest BCUT2D eigenvalue weighted by atomic mass is 10.0. The van der Waals surface area contributed by atoms with Crippen molar-refractivity contribution < 1.29 is 19.2 Å². The van der Waals surface area contributed by atoms with Crippen LogP contribution in [-0.2, 0) is 4.79 Å². The lowest BCUT2D eigenvalue weighted by molar-refractivity contribution is -0.385. The van der Waals surface area contributed by atoms with Gasteiger partial charge < -0.3 is 14.8 Å². The largest absolute Gasteiger partial charge is 0.454 e. The Balaban J connectivity index is 1.79. The van der Waals surface area contributed by atoms with Crippen molar-refractivity contribution >= 4 is 29.0 Å². The Morgan fingerprint density at radius 3 is 2.69 bits per heavy atom. The number of amides is 1. The second-order valence-corrected chi connectivity index (χ2v) is 7.08. The van der Waals surface area contributed by atoms with Crippen molar-refractivity contribution in [2.24, 2.45) is 5.92 Å². The van der Waals surface area contributed by atoms with E-state index in [2.05, 4.69) is 5.32 Å². The van der Waals surface area contributed by atoms with Gasteiger partial charge in [0.05, 0.1) is 22.6 Å². The molecule has 26 heavy (non-hydrogen) atoms. The number of carbonyl (C=O) groups excluding carboxylic acids is 1. The van der Waals surface area contributed by atoms with Gasteiger partial charge in [-0.2, -0.15) is 0 Å². The van der Waals surface area contributed by atoms with Crippen LogP contribution < -0.4 is 14.8 Å². The fourth-order valence-electron chi connectivity index (χ4n) is 2.64.